The summed E-state index contributed by atoms with van der Waals surface area (Å²) in [6.07, 6.45) is 0.425. The van der Waals surface area contributed by atoms with E-state index in [1.165, 1.54) is 19.2 Å². The van der Waals surface area contributed by atoms with Crippen LogP contribution >= 0.6 is 0 Å². The quantitative estimate of drug-likeness (QED) is 0.658. The maximum absolute atomic E-state index is 13.8. The number of hydrogen-bond acceptors (Lipinski definition) is 4. The number of rotatable bonds is 9. The lowest BCUT2D eigenvalue weighted by atomic mass is 9.91. The Morgan fingerprint density at radius 3 is 2.43 bits per heavy atom. The lowest BCUT2D eigenvalue weighted by Gasteiger charge is -2.26. The third kappa shape index (κ3) is 6.99. The average Bonchev–Trinajstić information content (AvgIpc) is 2.66. The Labute approximate surface area is 176 Å². The number of carbonyl (C=O) groups is 1. The maximum atomic E-state index is 13.8. The third-order valence-corrected chi connectivity index (χ3v) is 4.43. The van der Waals surface area contributed by atoms with E-state index in [1.54, 1.807) is 17.0 Å². The van der Waals surface area contributed by atoms with E-state index >= 15 is 0 Å². The highest BCUT2D eigenvalue weighted by atomic mass is 19.1. The zero-order valence-electron chi connectivity index (χ0n) is 18.0. The molecule has 0 aromatic heterocycles. The van der Waals surface area contributed by atoms with Gasteiger partial charge in [0.1, 0.15) is 18.2 Å². The minimum absolute atomic E-state index is 0.0408. The Morgan fingerprint density at radius 1 is 1.10 bits per heavy atom. The highest BCUT2D eigenvalue weighted by Gasteiger charge is 2.21. The van der Waals surface area contributed by atoms with Crippen LogP contribution in [0.25, 0.3) is 0 Å². The van der Waals surface area contributed by atoms with Crippen molar-refractivity contribution in [1.29, 1.82) is 0 Å². The van der Waals surface area contributed by atoms with Gasteiger partial charge in [0.15, 0.2) is 11.5 Å². The summed E-state index contributed by atoms with van der Waals surface area (Å²) in [6.45, 7) is 7.22. The van der Waals surface area contributed by atoms with Gasteiger partial charge in [-0.05, 0) is 35.2 Å². The maximum Gasteiger partial charge on any atom is 0.223 e. The van der Waals surface area contributed by atoms with E-state index in [0.29, 0.717) is 37.6 Å². The van der Waals surface area contributed by atoms with Gasteiger partial charge in [0.05, 0.1) is 7.11 Å². The van der Waals surface area contributed by atoms with E-state index in [0.717, 1.165) is 11.6 Å². The van der Waals surface area contributed by atoms with Gasteiger partial charge in [-0.1, -0.05) is 26.8 Å². The SMILES string of the molecule is COc1cc(CN(CCN)C(=O)CC(C)(C)C)ccc1OCc1ccc(F)cc1F. The van der Waals surface area contributed by atoms with E-state index in [4.69, 9.17) is 15.2 Å². The normalized spacial score (nSPS) is 11.3. The molecule has 0 radical (unpaired) electrons. The molecule has 0 unspecified atom stereocenters. The van der Waals surface area contributed by atoms with Crippen molar-refractivity contribution in [2.24, 2.45) is 11.1 Å². The standard InChI is InChI=1S/C23H30F2N2O3/c1-23(2,3)13-22(28)27(10-9-26)14-16-5-8-20(21(11-16)29-4)30-15-17-6-7-18(24)12-19(17)25/h5-8,11-12H,9-10,13-15,26H2,1-4H3. The summed E-state index contributed by atoms with van der Waals surface area (Å²) in [5.41, 5.74) is 6.68. The molecule has 0 bridgehead atoms. The molecule has 2 aromatic carbocycles. The Morgan fingerprint density at radius 2 is 1.83 bits per heavy atom. The molecule has 0 aliphatic heterocycles. The van der Waals surface area contributed by atoms with Crippen molar-refractivity contribution in [2.45, 2.75) is 40.3 Å². The van der Waals surface area contributed by atoms with Crippen molar-refractivity contribution in [1.82, 2.24) is 4.90 Å². The van der Waals surface area contributed by atoms with Crippen molar-refractivity contribution < 1.29 is 23.0 Å². The van der Waals surface area contributed by atoms with Crippen molar-refractivity contribution in [3.8, 4) is 11.5 Å². The molecule has 0 aliphatic carbocycles. The number of ether oxygens (including phenoxy) is 2. The highest BCUT2D eigenvalue weighted by Crippen LogP contribution is 2.30. The first-order chi connectivity index (χ1) is 14.1. The largest absolute Gasteiger partial charge is 0.493 e. The van der Waals surface area contributed by atoms with Crippen LogP contribution in [0.3, 0.4) is 0 Å². The summed E-state index contributed by atoms with van der Waals surface area (Å²) >= 11 is 0. The monoisotopic (exact) mass is 420 g/mol. The van der Waals surface area contributed by atoms with E-state index in [9.17, 15) is 13.6 Å². The van der Waals surface area contributed by atoms with Gasteiger partial charge in [-0.2, -0.15) is 0 Å². The molecule has 0 fully saturated rings. The minimum Gasteiger partial charge on any atom is -0.493 e. The first kappa shape index (κ1) is 23.6. The van der Waals surface area contributed by atoms with Gasteiger partial charge in [-0.3, -0.25) is 4.79 Å². The lowest BCUT2D eigenvalue weighted by molar-refractivity contribution is -0.133. The number of carbonyl (C=O) groups excluding carboxylic acids is 1. The van der Waals surface area contributed by atoms with Gasteiger partial charge in [0, 0.05) is 37.7 Å². The van der Waals surface area contributed by atoms with Gasteiger partial charge in [-0.25, -0.2) is 8.78 Å². The summed E-state index contributed by atoms with van der Waals surface area (Å²) in [4.78, 5) is 14.4. The zero-order valence-corrected chi connectivity index (χ0v) is 18.0. The Kier molecular flexibility index (Phi) is 8.17. The summed E-state index contributed by atoms with van der Waals surface area (Å²) in [7, 11) is 1.51. The van der Waals surface area contributed by atoms with E-state index in [1.807, 2.05) is 26.8 Å². The molecule has 5 nitrogen and oxygen atoms in total. The molecule has 1 amide bonds. The predicted octanol–water partition coefficient (Wildman–Crippen LogP) is 4.28. The Hall–Kier alpha value is -2.67. The van der Waals surface area contributed by atoms with Crippen molar-refractivity contribution in [3.05, 3.63) is 59.2 Å². The Bertz CT molecular complexity index is 866. The molecule has 0 aliphatic rings. The molecule has 0 spiro atoms. The minimum atomic E-state index is -0.666. The average molecular weight is 421 g/mol. The summed E-state index contributed by atoms with van der Waals surface area (Å²) in [6, 6.07) is 8.67. The number of benzene rings is 2. The molecule has 0 atom stereocenters. The van der Waals surface area contributed by atoms with E-state index in [-0.39, 0.29) is 23.5 Å². The number of nitrogens with zero attached hydrogens (tertiary/aromatic N) is 1. The number of halogens is 2. The van der Waals surface area contributed by atoms with Gasteiger partial charge in [-0.15, -0.1) is 0 Å². The van der Waals surface area contributed by atoms with Crippen molar-refractivity contribution in [2.75, 3.05) is 20.2 Å². The molecule has 2 aromatic rings. The Balaban J connectivity index is 2.12. The molecule has 0 saturated heterocycles. The van der Waals surface area contributed by atoms with E-state index < -0.39 is 11.6 Å². The fourth-order valence-corrected chi connectivity index (χ4v) is 2.96. The molecule has 7 heteroatoms. The van der Waals surface area contributed by atoms with Crippen LogP contribution in [0, 0.1) is 17.0 Å². The molecule has 164 valence electrons. The molecular weight excluding hydrogens is 390 g/mol. The number of hydrogen-bond donors (Lipinski definition) is 1. The van der Waals surface area contributed by atoms with Crippen LogP contribution in [0.15, 0.2) is 36.4 Å². The van der Waals surface area contributed by atoms with Crippen LogP contribution in [0.4, 0.5) is 8.78 Å². The van der Waals surface area contributed by atoms with Crippen molar-refractivity contribution >= 4 is 5.91 Å². The molecule has 2 rings (SSSR count). The van der Waals surface area contributed by atoms with Crippen LogP contribution in [-0.4, -0.2) is 31.0 Å². The van der Waals surface area contributed by atoms with Crippen molar-refractivity contribution in [3.63, 3.8) is 0 Å². The molecule has 0 heterocycles. The second-order valence-corrected chi connectivity index (χ2v) is 8.35. The summed E-state index contributed by atoms with van der Waals surface area (Å²) in [5, 5.41) is 0. The smallest absolute Gasteiger partial charge is 0.223 e. The van der Waals surface area contributed by atoms with E-state index in [2.05, 4.69) is 0 Å². The van der Waals surface area contributed by atoms with Gasteiger partial charge in [0.2, 0.25) is 5.91 Å². The summed E-state index contributed by atoms with van der Waals surface area (Å²) < 4.78 is 37.9. The molecule has 30 heavy (non-hydrogen) atoms. The molecule has 0 saturated carbocycles. The lowest BCUT2D eigenvalue weighted by Crippen LogP contribution is -2.36. The fourth-order valence-electron chi connectivity index (χ4n) is 2.96. The first-order valence-corrected chi connectivity index (χ1v) is 9.84. The number of nitrogens with two attached hydrogens (primary N) is 1. The second kappa shape index (κ2) is 10.4. The van der Waals surface area contributed by atoms with Crippen LogP contribution in [0.2, 0.25) is 0 Å². The number of amides is 1. The zero-order chi connectivity index (χ0) is 22.3. The predicted molar refractivity (Wildman–Crippen MR) is 112 cm³/mol. The van der Waals surface area contributed by atoms with Gasteiger partial charge in [0.25, 0.3) is 0 Å². The van der Waals surface area contributed by atoms with Crippen LogP contribution in [0.5, 0.6) is 11.5 Å². The van der Waals surface area contributed by atoms with Crippen LogP contribution in [0.1, 0.15) is 38.3 Å². The summed E-state index contributed by atoms with van der Waals surface area (Å²) in [5.74, 6) is -0.372. The van der Waals surface area contributed by atoms with Gasteiger partial charge >= 0.3 is 0 Å². The topological polar surface area (TPSA) is 64.8 Å². The van der Waals surface area contributed by atoms with Gasteiger partial charge < -0.3 is 20.1 Å². The fraction of sp³-hybridized carbons (Fsp3) is 0.435. The van der Waals surface area contributed by atoms with Crippen LogP contribution < -0.4 is 15.2 Å². The number of methoxy groups -OCH3 is 1. The molecular formula is C23H30F2N2O3. The molecule has 2 N–H and O–H groups in total. The van der Waals surface area contributed by atoms with Crippen LogP contribution in [-0.2, 0) is 17.9 Å². The highest BCUT2D eigenvalue weighted by molar-refractivity contribution is 5.76. The third-order valence-electron chi connectivity index (χ3n) is 4.43. The second-order valence-electron chi connectivity index (χ2n) is 8.35. The first-order valence-electron chi connectivity index (χ1n) is 9.84.